The highest BCUT2D eigenvalue weighted by Crippen LogP contribution is 2.34. The summed E-state index contributed by atoms with van der Waals surface area (Å²) in [5.41, 5.74) is 6.22. The van der Waals surface area contributed by atoms with Crippen LogP contribution in [0.5, 0.6) is 0 Å². The Morgan fingerprint density at radius 1 is 0.824 bits per heavy atom. The summed E-state index contributed by atoms with van der Waals surface area (Å²) < 4.78 is 0. The maximum absolute atomic E-state index is 11.8. The van der Waals surface area contributed by atoms with Crippen molar-refractivity contribution in [3.8, 4) is 22.3 Å². The molecule has 0 bridgehead atoms. The Labute approximate surface area is 197 Å². The quantitative estimate of drug-likeness (QED) is 0.304. The average Bonchev–Trinajstić information content (AvgIpc) is 2.89. The number of fused-ring (bicyclic) bond motifs is 1. The van der Waals surface area contributed by atoms with E-state index in [-0.39, 0.29) is 5.91 Å². The average molecular weight is 444 g/mol. The molecule has 2 aromatic heterocycles. The Bertz CT molecular complexity index is 1480. The molecule has 0 aliphatic carbocycles. The molecule has 3 aromatic carbocycles. The number of hydrogen-bond acceptors (Lipinski definition) is 5. The third-order valence-electron chi connectivity index (χ3n) is 5.33. The SMILES string of the molecule is C=CC(=O)Nc1cccc(-c2cc(-c3cccnc3)cc3cnc(Nc4ccccc4)nc23)c1. The first kappa shape index (κ1) is 21.0. The van der Waals surface area contributed by atoms with Gasteiger partial charge in [-0.1, -0.05) is 43.0 Å². The fourth-order valence-electron chi connectivity index (χ4n) is 3.73. The van der Waals surface area contributed by atoms with Gasteiger partial charge in [-0.05, 0) is 59.7 Å². The summed E-state index contributed by atoms with van der Waals surface area (Å²) >= 11 is 0. The predicted octanol–water partition coefficient (Wildman–Crippen LogP) is 6.23. The van der Waals surface area contributed by atoms with Gasteiger partial charge in [0.1, 0.15) is 0 Å². The largest absolute Gasteiger partial charge is 0.324 e. The lowest BCUT2D eigenvalue weighted by atomic mass is 9.96. The molecule has 0 saturated heterocycles. The smallest absolute Gasteiger partial charge is 0.247 e. The molecule has 0 atom stereocenters. The van der Waals surface area contributed by atoms with Gasteiger partial charge in [0.05, 0.1) is 5.52 Å². The molecule has 0 unspecified atom stereocenters. The number of hydrogen-bond donors (Lipinski definition) is 2. The molecule has 1 amide bonds. The second-order valence-electron chi connectivity index (χ2n) is 7.66. The summed E-state index contributed by atoms with van der Waals surface area (Å²) in [6.07, 6.45) is 6.65. The molecule has 0 radical (unpaired) electrons. The summed E-state index contributed by atoms with van der Waals surface area (Å²) in [5, 5.41) is 6.99. The third-order valence-corrected chi connectivity index (χ3v) is 5.33. The van der Waals surface area contributed by atoms with Gasteiger partial charge < -0.3 is 10.6 Å². The van der Waals surface area contributed by atoms with Crippen LogP contribution in [0.15, 0.2) is 110 Å². The lowest BCUT2D eigenvalue weighted by Gasteiger charge is -2.13. The fraction of sp³-hybridized carbons (Fsp3) is 0. The molecule has 6 heteroatoms. The summed E-state index contributed by atoms with van der Waals surface area (Å²) in [4.78, 5) is 25.5. The van der Waals surface area contributed by atoms with Gasteiger partial charge in [-0.25, -0.2) is 9.97 Å². The highest BCUT2D eigenvalue weighted by atomic mass is 16.1. The normalized spacial score (nSPS) is 10.6. The van der Waals surface area contributed by atoms with Gasteiger partial charge >= 0.3 is 0 Å². The highest BCUT2D eigenvalue weighted by Gasteiger charge is 2.12. The number of benzene rings is 3. The van der Waals surface area contributed by atoms with Crippen LogP contribution in [0.3, 0.4) is 0 Å². The Morgan fingerprint density at radius 3 is 2.44 bits per heavy atom. The fourth-order valence-corrected chi connectivity index (χ4v) is 3.73. The van der Waals surface area contributed by atoms with Crippen molar-refractivity contribution in [3.05, 3.63) is 110 Å². The summed E-state index contributed by atoms with van der Waals surface area (Å²) in [5.74, 6) is 0.244. The van der Waals surface area contributed by atoms with E-state index in [1.807, 2.05) is 79.1 Å². The van der Waals surface area contributed by atoms with Crippen LogP contribution < -0.4 is 10.6 Å². The number of anilines is 3. The third kappa shape index (κ3) is 4.52. The molecule has 5 rings (SSSR count). The Kier molecular flexibility index (Phi) is 5.78. The van der Waals surface area contributed by atoms with E-state index in [1.165, 1.54) is 6.08 Å². The minimum absolute atomic E-state index is 0.261. The molecule has 164 valence electrons. The van der Waals surface area contributed by atoms with Gasteiger partial charge in [0.15, 0.2) is 0 Å². The molecular weight excluding hydrogens is 422 g/mol. The molecular formula is C28H21N5O. The van der Waals surface area contributed by atoms with Crippen molar-refractivity contribution in [2.75, 3.05) is 10.6 Å². The highest BCUT2D eigenvalue weighted by molar-refractivity contribution is 6.01. The van der Waals surface area contributed by atoms with Crippen LogP contribution >= 0.6 is 0 Å². The molecule has 0 aliphatic rings. The van der Waals surface area contributed by atoms with Crippen LogP contribution in [0.25, 0.3) is 33.2 Å². The van der Waals surface area contributed by atoms with Crippen molar-refractivity contribution in [1.82, 2.24) is 15.0 Å². The number of amides is 1. The standard InChI is InChI=1S/C28H21N5O/c1-2-26(34)31-24-12-6-8-19(15-24)25-16-21(20-9-7-13-29-17-20)14-22-18-30-28(33-27(22)25)32-23-10-4-3-5-11-23/h2-18H,1H2,(H,31,34)(H,30,32,33). The van der Waals surface area contributed by atoms with E-state index in [1.54, 1.807) is 6.20 Å². The zero-order chi connectivity index (χ0) is 23.3. The van der Waals surface area contributed by atoms with Gasteiger partial charge in [0.25, 0.3) is 0 Å². The number of nitrogens with one attached hydrogen (secondary N) is 2. The molecule has 6 nitrogen and oxygen atoms in total. The van der Waals surface area contributed by atoms with E-state index in [0.29, 0.717) is 11.6 Å². The summed E-state index contributed by atoms with van der Waals surface area (Å²) in [6.45, 7) is 3.53. The van der Waals surface area contributed by atoms with Crippen LogP contribution in [0.2, 0.25) is 0 Å². The van der Waals surface area contributed by atoms with E-state index in [2.05, 4.69) is 39.3 Å². The topological polar surface area (TPSA) is 79.8 Å². The van der Waals surface area contributed by atoms with Gasteiger partial charge in [-0.3, -0.25) is 9.78 Å². The van der Waals surface area contributed by atoms with Crippen molar-refractivity contribution in [2.24, 2.45) is 0 Å². The first-order chi connectivity index (χ1) is 16.7. The number of aromatic nitrogens is 3. The van der Waals surface area contributed by atoms with Crippen molar-refractivity contribution in [3.63, 3.8) is 0 Å². The molecule has 34 heavy (non-hydrogen) atoms. The van der Waals surface area contributed by atoms with E-state index in [4.69, 9.17) is 4.98 Å². The van der Waals surface area contributed by atoms with Crippen molar-refractivity contribution in [2.45, 2.75) is 0 Å². The number of carbonyl (C=O) groups is 1. The second-order valence-corrected chi connectivity index (χ2v) is 7.66. The van der Waals surface area contributed by atoms with Gasteiger partial charge in [0.2, 0.25) is 11.9 Å². The molecule has 0 spiro atoms. The first-order valence-corrected chi connectivity index (χ1v) is 10.8. The minimum atomic E-state index is -0.261. The molecule has 0 aliphatic heterocycles. The van der Waals surface area contributed by atoms with Crippen LogP contribution in [0.1, 0.15) is 0 Å². The number of para-hydroxylation sites is 1. The monoisotopic (exact) mass is 443 g/mol. The van der Waals surface area contributed by atoms with Gasteiger partial charge in [-0.15, -0.1) is 0 Å². The molecule has 5 aromatic rings. The number of pyridine rings is 1. The van der Waals surface area contributed by atoms with Crippen LogP contribution in [-0.4, -0.2) is 20.9 Å². The number of rotatable bonds is 6. The van der Waals surface area contributed by atoms with Crippen LogP contribution in [-0.2, 0) is 4.79 Å². The van der Waals surface area contributed by atoms with E-state index in [0.717, 1.165) is 38.8 Å². The minimum Gasteiger partial charge on any atom is -0.324 e. The molecule has 2 heterocycles. The maximum atomic E-state index is 11.8. The Hall–Kier alpha value is -4.84. The second kappa shape index (κ2) is 9.34. The zero-order valence-corrected chi connectivity index (χ0v) is 18.3. The van der Waals surface area contributed by atoms with Crippen molar-refractivity contribution in [1.29, 1.82) is 0 Å². The summed E-state index contributed by atoms with van der Waals surface area (Å²) in [6, 6.07) is 25.6. The lowest BCUT2D eigenvalue weighted by Crippen LogP contribution is -2.07. The Morgan fingerprint density at radius 2 is 1.65 bits per heavy atom. The maximum Gasteiger partial charge on any atom is 0.247 e. The molecule has 0 saturated carbocycles. The Balaban J connectivity index is 1.66. The summed E-state index contributed by atoms with van der Waals surface area (Å²) in [7, 11) is 0. The van der Waals surface area contributed by atoms with Crippen molar-refractivity contribution < 1.29 is 4.79 Å². The lowest BCUT2D eigenvalue weighted by molar-refractivity contribution is -0.111. The predicted molar refractivity (Wildman–Crippen MR) is 137 cm³/mol. The number of nitrogens with zero attached hydrogens (tertiary/aromatic N) is 3. The van der Waals surface area contributed by atoms with Gasteiger partial charge in [0, 0.05) is 46.5 Å². The van der Waals surface area contributed by atoms with Gasteiger partial charge in [-0.2, -0.15) is 0 Å². The van der Waals surface area contributed by atoms with Crippen molar-refractivity contribution >= 4 is 34.1 Å². The zero-order valence-electron chi connectivity index (χ0n) is 18.3. The first-order valence-electron chi connectivity index (χ1n) is 10.8. The van der Waals surface area contributed by atoms with E-state index in [9.17, 15) is 4.79 Å². The molecule has 0 fully saturated rings. The van der Waals surface area contributed by atoms with E-state index < -0.39 is 0 Å². The molecule has 2 N–H and O–H groups in total. The van der Waals surface area contributed by atoms with Crippen LogP contribution in [0.4, 0.5) is 17.3 Å². The van der Waals surface area contributed by atoms with E-state index >= 15 is 0 Å². The number of carbonyl (C=O) groups excluding carboxylic acids is 1. The van der Waals surface area contributed by atoms with Crippen LogP contribution in [0, 0.1) is 0 Å².